The van der Waals surface area contributed by atoms with Crippen molar-refractivity contribution < 1.29 is 19.4 Å². The molecule has 0 spiro atoms. The number of amides is 1. The Labute approximate surface area is 93.6 Å². The Kier molecular flexibility index (Phi) is 3.78. The number of hydrogen-bond acceptors (Lipinski definition) is 3. The minimum atomic E-state index is -1.76. The molecule has 4 N–H and O–H groups in total. The Hall–Kier alpha value is -0.980. The summed E-state index contributed by atoms with van der Waals surface area (Å²) < 4.78 is 13.0. The van der Waals surface area contributed by atoms with Crippen LogP contribution in [-0.2, 0) is 4.79 Å². The van der Waals surface area contributed by atoms with Crippen LogP contribution in [0.4, 0.5) is 4.39 Å². The third-order valence-electron chi connectivity index (χ3n) is 1.89. The van der Waals surface area contributed by atoms with Gasteiger partial charge in [-0.3, -0.25) is 4.79 Å². The summed E-state index contributed by atoms with van der Waals surface area (Å²) in [7, 11) is 0. The van der Waals surface area contributed by atoms with E-state index in [4.69, 9.17) is 5.73 Å². The first-order valence-electron chi connectivity index (χ1n) is 4.04. The molecule has 0 radical (unpaired) electrons. The molecular formula is C9H9BrFNO3. The zero-order chi connectivity index (χ0) is 11.6. The van der Waals surface area contributed by atoms with E-state index in [2.05, 4.69) is 15.9 Å². The summed E-state index contributed by atoms with van der Waals surface area (Å²) >= 11 is 2.90. The molecule has 1 amide bonds. The first-order chi connectivity index (χ1) is 6.95. The normalized spacial score (nSPS) is 14.7. The monoisotopic (exact) mass is 277 g/mol. The molecule has 1 aromatic rings. The lowest BCUT2D eigenvalue weighted by molar-refractivity contribution is -0.132. The highest BCUT2D eigenvalue weighted by Gasteiger charge is 2.25. The molecule has 2 atom stereocenters. The molecule has 0 saturated heterocycles. The lowest BCUT2D eigenvalue weighted by atomic mass is 10.0. The van der Waals surface area contributed by atoms with Crippen LogP contribution < -0.4 is 5.73 Å². The summed E-state index contributed by atoms with van der Waals surface area (Å²) in [4.78, 5) is 10.6. The van der Waals surface area contributed by atoms with Gasteiger partial charge in [-0.1, -0.05) is 12.1 Å². The molecule has 0 aliphatic carbocycles. The standard InChI is InChI=1S/C9H9BrFNO3/c10-6-4(2-1-3-5(6)11)7(13)8(14)9(12)15/h1-3,7-8,13-14H,(H2,12,15). The van der Waals surface area contributed by atoms with Gasteiger partial charge in [0.15, 0.2) is 6.10 Å². The van der Waals surface area contributed by atoms with Gasteiger partial charge in [0, 0.05) is 5.56 Å². The van der Waals surface area contributed by atoms with E-state index in [-0.39, 0.29) is 10.0 Å². The van der Waals surface area contributed by atoms with E-state index in [0.717, 1.165) is 0 Å². The minimum Gasteiger partial charge on any atom is -0.385 e. The van der Waals surface area contributed by atoms with Gasteiger partial charge in [-0.25, -0.2) is 4.39 Å². The van der Waals surface area contributed by atoms with Gasteiger partial charge in [0.05, 0.1) is 4.47 Å². The van der Waals surface area contributed by atoms with E-state index < -0.39 is 23.9 Å². The van der Waals surface area contributed by atoms with Crippen LogP contribution in [0.25, 0.3) is 0 Å². The molecule has 0 fully saturated rings. The van der Waals surface area contributed by atoms with Gasteiger partial charge in [0.1, 0.15) is 11.9 Å². The first-order valence-corrected chi connectivity index (χ1v) is 4.83. The average Bonchev–Trinajstić information content (AvgIpc) is 2.20. The van der Waals surface area contributed by atoms with Crippen molar-refractivity contribution in [3.05, 3.63) is 34.1 Å². The summed E-state index contributed by atoms with van der Waals surface area (Å²) in [5, 5.41) is 18.7. The molecule has 0 aromatic heterocycles. The molecule has 6 heteroatoms. The summed E-state index contributed by atoms with van der Waals surface area (Å²) in [6.45, 7) is 0. The number of nitrogens with two attached hydrogens (primary N) is 1. The first kappa shape index (κ1) is 12.1. The number of halogens is 2. The molecular weight excluding hydrogens is 269 g/mol. The summed E-state index contributed by atoms with van der Waals surface area (Å²) in [6, 6.07) is 3.91. The van der Waals surface area contributed by atoms with Gasteiger partial charge >= 0.3 is 0 Å². The van der Waals surface area contributed by atoms with Crippen molar-refractivity contribution in [1.29, 1.82) is 0 Å². The topological polar surface area (TPSA) is 83.6 Å². The van der Waals surface area contributed by atoms with E-state index >= 15 is 0 Å². The molecule has 0 aliphatic heterocycles. The smallest absolute Gasteiger partial charge is 0.249 e. The molecule has 82 valence electrons. The van der Waals surface area contributed by atoms with Gasteiger partial charge in [-0.2, -0.15) is 0 Å². The van der Waals surface area contributed by atoms with Crippen molar-refractivity contribution in [2.75, 3.05) is 0 Å². The van der Waals surface area contributed by atoms with Crippen LogP contribution in [0.3, 0.4) is 0 Å². The van der Waals surface area contributed by atoms with Crippen molar-refractivity contribution >= 4 is 21.8 Å². The number of primary amides is 1. The molecule has 4 nitrogen and oxygen atoms in total. The van der Waals surface area contributed by atoms with E-state index in [9.17, 15) is 19.4 Å². The molecule has 1 rings (SSSR count). The number of benzene rings is 1. The third-order valence-corrected chi connectivity index (χ3v) is 2.73. The van der Waals surface area contributed by atoms with Gasteiger partial charge in [-0.05, 0) is 22.0 Å². The Balaban J connectivity index is 3.06. The van der Waals surface area contributed by atoms with E-state index in [1.807, 2.05) is 0 Å². The summed E-state index contributed by atoms with van der Waals surface area (Å²) in [5.74, 6) is -1.66. The van der Waals surface area contributed by atoms with Crippen molar-refractivity contribution in [2.24, 2.45) is 5.73 Å². The fourth-order valence-electron chi connectivity index (χ4n) is 1.07. The zero-order valence-electron chi connectivity index (χ0n) is 7.52. The molecule has 0 saturated carbocycles. The Bertz CT molecular complexity index is 386. The highest BCUT2D eigenvalue weighted by molar-refractivity contribution is 9.10. The lowest BCUT2D eigenvalue weighted by Gasteiger charge is -2.16. The minimum absolute atomic E-state index is 0.00204. The summed E-state index contributed by atoms with van der Waals surface area (Å²) in [6.07, 6.45) is -3.31. The number of aliphatic hydroxyl groups excluding tert-OH is 2. The van der Waals surface area contributed by atoms with Gasteiger partial charge in [-0.15, -0.1) is 0 Å². The van der Waals surface area contributed by atoms with Crippen LogP contribution in [0.5, 0.6) is 0 Å². The number of aliphatic hydroxyl groups is 2. The van der Waals surface area contributed by atoms with Crippen molar-refractivity contribution in [3.63, 3.8) is 0 Å². The largest absolute Gasteiger partial charge is 0.385 e. The average molecular weight is 278 g/mol. The number of hydrogen-bond donors (Lipinski definition) is 3. The summed E-state index contributed by atoms with van der Waals surface area (Å²) in [5.41, 5.74) is 4.88. The van der Waals surface area contributed by atoms with Gasteiger partial charge in [0.2, 0.25) is 5.91 Å². The maximum Gasteiger partial charge on any atom is 0.249 e. The second-order valence-corrected chi connectivity index (χ2v) is 3.73. The second kappa shape index (κ2) is 4.69. The van der Waals surface area contributed by atoms with Crippen LogP contribution in [0.1, 0.15) is 11.7 Å². The molecule has 0 aliphatic rings. The van der Waals surface area contributed by atoms with Crippen molar-refractivity contribution in [1.82, 2.24) is 0 Å². The van der Waals surface area contributed by atoms with Gasteiger partial charge in [0.25, 0.3) is 0 Å². The number of carbonyl (C=O) groups is 1. The number of carbonyl (C=O) groups excluding carboxylic acids is 1. The van der Waals surface area contributed by atoms with Crippen LogP contribution in [-0.4, -0.2) is 22.2 Å². The molecule has 15 heavy (non-hydrogen) atoms. The van der Waals surface area contributed by atoms with Crippen molar-refractivity contribution in [2.45, 2.75) is 12.2 Å². The van der Waals surface area contributed by atoms with Crippen molar-refractivity contribution in [3.8, 4) is 0 Å². The second-order valence-electron chi connectivity index (χ2n) is 2.94. The van der Waals surface area contributed by atoms with Crippen LogP contribution in [0.15, 0.2) is 22.7 Å². The van der Waals surface area contributed by atoms with Crippen LogP contribution >= 0.6 is 15.9 Å². The number of rotatable bonds is 3. The maximum absolute atomic E-state index is 13.0. The van der Waals surface area contributed by atoms with E-state index in [1.54, 1.807) is 0 Å². The highest BCUT2D eigenvalue weighted by Crippen LogP contribution is 2.27. The Morgan fingerprint density at radius 3 is 2.60 bits per heavy atom. The lowest BCUT2D eigenvalue weighted by Crippen LogP contribution is -2.34. The molecule has 0 bridgehead atoms. The molecule has 1 aromatic carbocycles. The zero-order valence-corrected chi connectivity index (χ0v) is 9.11. The fraction of sp³-hybridized carbons (Fsp3) is 0.222. The molecule has 0 heterocycles. The third kappa shape index (κ3) is 2.53. The quantitative estimate of drug-likeness (QED) is 0.751. The van der Waals surface area contributed by atoms with E-state index in [0.29, 0.717) is 0 Å². The van der Waals surface area contributed by atoms with Crippen LogP contribution in [0.2, 0.25) is 0 Å². The van der Waals surface area contributed by atoms with E-state index in [1.165, 1.54) is 18.2 Å². The molecule has 2 unspecified atom stereocenters. The Morgan fingerprint density at radius 1 is 1.47 bits per heavy atom. The maximum atomic E-state index is 13.0. The van der Waals surface area contributed by atoms with Gasteiger partial charge < -0.3 is 15.9 Å². The predicted octanol–water partition coefficient (Wildman–Crippen LogP) is 0.468. The van der Waals surface area contributed by atoms with Crippen LogP contribution in [0, 0.1) is 5.82 Å². The Morgan fingerprint density at radius 2 is 2.07 bits per heavy atom. The highest BCUT2D eigenvalue weighted by atomic mass is 79.9. The predicted molar refractivity (Wildman–Crippen MR) is 54.3 cm³/mol. The fourth-order valence-corrected chi connectivity index (χ4v) is 1.57. The SMILES string of the molecule is NC(=O)C(O)C(O)c1cccc(F)c1Br.